The molecule has 0 aliphatic rings. The van der Waals surface area contributed by atoms with Gasteiger partial charge in [-0.15, -0.1) is 0 Å². The standard InChI is InChI=1S/C16H18N2O3/c1-2-21-14-5-3-13(4-6-14)15(16(19)20)18-11-12-7-9-17-10-8-12/h3-10,15,18H,2,11H2,1H3,(H,19,20). The molecule has 2 rings (SSSR count). The van der Waals surface area contributed by atoms with Crippen molar-refractivity contribution in [3.63, 3.8) is 0 Å². The Kier molecular flexibility index (Phi) is 5.29. The van der Waals surface area contributed by atoms with E-state index in [1.165, 1.54) is 0 Å². The SMILES string of the molecule is CCOc1ccc(C(NCc2ccncc2)C(=O)O)cc1. The first kappa shape index (κ1) is 15.0. The second-order valence-corrected chi connectivity index (χ2v) is 4.51. The van der Waals surface area contributed by atoms with Crippen molar-refractivity contribution < 1.29 is 14.6 Å². The molecule has 0 radical (unpaired) electrons. The van der Waals surface area contributed by atoms with Gasteiger partial charge >= 0.3 is 5.97 Å². The van der Waals surface area contributed by atoms with E-state index in [1.807, 2.05) is 19.1 Å². The second-order valence-electron chi connectivity index (χ2n) is 4.51. The first-order valence-corrected chi connectivity index (χ1v) is 6.78. The Morgan fingerprint density at radius 1 is 1.24 bits per heavy atom. The van der Waals surface area contributed by atoms with Crippen molar-refractivity contribution in [3.8, 4) is 5.75 Å². The monoisotopic (exact) mass is 286 g/mol. The van der Waals surface area contributed by atoms with Crippen molar-refractivity contribution in [2.75, 3.05) is 6.61 Å². The number of carbonyl (C=O) groups is 1. The van der Waals surface area contributed by atoms with Crippen LogP contribution in [0.3, 0.4) is 0 Å². The summed E-state index contributed by atoms with van der Waals surface area (Å²) in [6.07, 6.45) is 3.37. The number of rotatable bonds is 7. The summed E-state index contributed by atoms with van der Waals surface area (Å²) in [5, 5.41) is 12.4. The highest BCUT2D eigenvalue weighted by atomic mass is 16.5. The Balaban J connectivity index is 2.06. The Bertz CT molecular complexity index is 570. The number of nitrogens with one attached hydrogen (secondary N) is 1. The van der Waals surface area contributed by atoms with Crippen LogP contribution in [0.5, 0.6) is 5.75 Å². The van der Waals surface area contributed by atoms with Crippen LogP contribution >= 0.6 is 0 Å². The van der Waals surface area contributed by atoms with Crippen molar-refractivity contribution in [2.24, 2.45) is 0 Å². The predicted molar refractivity (Wildman–Crippen MR) is 79.1 cm³/mol. The summed E-state index contributed by atoms with van der Waals surface area (Å²) < 4.78 is 5.36. The van der Waals surface area contributed by atoms with Crippen molar-refractivity contribution >= 4 is 5.97 Å². The summed E-state index contributed by atoms with van der Waals surface area (Å²) in [7, 11) is 0. The molecule has 110 valence electrons. The fraction of sp³-hybridized carbons (Fsp3) is 0.250. The minimum atomic E-state index is -0.909. The number of nitrogens with zero attached hydrogens (tertiary/aromatic N) is 1. The first-order valence-electron chi connectivity index (χ1n) is 6.78. The molecule has 21 heavy (non-hydrogen) atoms. The molecule has 5 nitrogen and oxygen atoms in total. The average molecular weight is 286 g/mol. The molecule has 1 aromatic heterocycles. The summed E-state index contributed by atoms with van der Waals surface area (Å²) >= 11 is 0. The van der Waals surface area contributed by atoms with Gasteiger partial charge in [0.05, 0.1) is 6.61 Å². The summed E-state index contributed by atoms with van der Waals surface area (Å²) in [6.45, 7) is 2.96. The summed E-state index contributed by atoms with van der Waals surface area (Å²) in [6, 6.07) is 10.0. The van der Waals surface area contributed by atoms with E-state index in [0.717, 1.165) is 11.3 Å². The van der Waals surface area contributed by atoms with Crippen LogP contribution in [0.15, 0.2) is 48.8 Å². The Hall–Kier alpha value is -2.40. The Labute approximate surface area is 123 Å². The molecule has 2 aromatic rings. The zero-order valence-electron chi connectivity index (χ0n) is 11.8. The molecule has 0 fully saturated rings. The Morgan fingerprint density at radius 2 is 1.90 bits per heavy atom. The van der Waals surface area contributed by atoms with Gasteiger partial charge in [-0.1, -0.05) is 12.1 Å². The molecule has 1 atom stereocenters. The number of ether oxygens (including phenoxy) is 1. The van der Waals surface area contributed by atoms with E-state index in [0.29, 0.717) is 18.7 Å². The van der Waals surface area contributed by atoms with Crippen LogP contribution in [0.2, 0.25) is 0 Å². The third kappa shape index (κ3) is 4.29. The number of hydrogen-bond donors (Lipinski definition) is 2. The summed E-state index contributed by atoms with van der Waals surface area (Å²) in [5.41, 5.74) is 1.68. The molecular formula is C16H18N2O3. The van der Waals surface area contributed by atoms with E-state index in [-0.39, 0.29) is 0 Å². The van der Waals surface area contributed by atoms with Gasteiger partial charge in [0.2, 0.25) is 0 Å². The topological polar surface area (TPSA) is 71.5 Å². The molecular weight excluding hydrogens is 268 g/mol. The van der Waals surface area contributed by atoms with Crippen molar-refractivity contribution in [1.82, 2.24) is 10.3 Å². The fourth-order valence-electron chi connectivity index (χ4n) is 1.99. The van der Waals surface area contributed by atoms with Crippen molar-refractivity contribution in [3.05, 3.63) is 59.9 Å². The van der Waals surface area contributed by atoms with Gasteiger partial charge in [-0.2, -0.15) is 0 Å². The maximum absolute atomic E-state index is 11.4. The zero-order chi connectivity index (χ0) is 15.1. The molecule has 0 aliphatic heterocycles. The molecule has 0 spiro atoms. The predicted octanol–water partition coefficient (Wildman–Crippen LogP) is 2.40. The van der Waals surface area contributed by atoms with E-state index in [9.17, 15) is 9.90 Å². The van der Waals surface area contributed by atoms with Gasteiger partial charge in [-0.05, 0) is 42.3 Å². The third-order valence-electron chi connectivity index (χ3n) is 3.03. The average Bonchev–Trinajstić information content (AvgIpc) is 2.50. The minimum Gasteiger partial charge on any atom is -0.494 e. The maximum Gasteiger partial charge on any atom is 0.325 e. The molecule has 1 aromatic carbocycles. The lowest BCUT2D eigenvalue weighted by Gasteiger charge is -2.15. The molecule has 2 N–H and O–H groups in total. The van der Waals surface area contributed by atoms with Gasteiger partial charge in [0.15, 0.2) is 0 Å². The molecule has 0 amide bonds. The lowest BCUT2D eigenvalue weighted by molar-refractivity contribution is -0.139. The highest BCUT2D eigenvalue weighted by Gasteiger charge is 2.19. The maximum atomic E-state index is 11.4. The number of carboxylic acids is 1. The minimum absolute atomic E-state index is 0.465. The Morgan fingerprint density at radius 3 is 2.48 bits per heavy atom. The largest absolute Gasteiger partial charge is 0.494 e. The molecule has 1 unspecified atom stereocenters. The molecule has 0 aliphatic carbocycles. The number of hydrogen-bond acceptors (Lipinski definition) is 4. The molecule has 5 heteroatoms. The lowest BCUT2D eigenvalue weighted by Crippen LogP contribution is -2.28. The van der Waals surface area contributed by atoms with E-state index < -0.39 is 12.0 Å². The number of aromatic nitrogens is 1. The van der Waals surface area contributed by atoms with Crippen LogP contribution in [0.1, 0.15) is 24.1 Å². The fourth-order valence-corrected chi connectivity index (χ4v) is 1.99. The van der Waals surface area contributed by atoms with Crippen molar-refractivity contribution in [1.29, 1.82) is 0 Å². The van der Waals surface area contributed by atoms with Crippen LogP contribution in [-0.4, -0.2) is 22.7 Å². The summed E-state index contributed by atoms with van der Waals surface area (Å²) in [4.78, 5) is 15.4. The smallest absolute Gasteiger partial charge is 0.325 e. The van der Waals surface area contributed by atoms with E-state index in [4.69, 9.17) is 4.74 Å². The number of pyridine rings is 1. The van der Waals surface area contributed by atoms with Gasteiger partial charge in [0.25, 0.3) is 0 Å². The van der Waals surface area contributed by atoms with Gasteiger partial charge in [-0.25, -0.2) is 0 Å². The van der Waals surface area contributed by atoms with E-state index in [1.54, 1.807) is 36.7 Å². The van der Waals surface area contributed by atoms with Gasteiger partial charge in [-0.3, -0.25) is 15.1 Å². The molecule has 0 bridgehead atoms. The second kappa shape index (κ2) is 7.40. The van der Waals surface area contributed by atoms with E-state index >= 15 is 0 Å². The van der Waals surface area contributed by atoms with Crippen LogP contribution in [0.25, 0.3) is 0 Å². The van der Waals surface area contributed by atoms with Crippen LogP contribution < -0.4 is 10.1 Å². The van der Waals surface area contributed by atoms with Crippen LogP contribution in [0, 0.1) is 0 Å². The third-order valence-corrected chi connectivity index (χ3v) is 3.03. The van der Waals surface area contributed by atoms with Crippen LogP contribution in [-0.2, 0) is 11.3 Å². The zero-order valence-corrected chi connectivity index (χ0v) is 11.8. The quantitative estimate of drug-likeness (QED) is 0.817. The highest BCUT2D eigenvalue weighted by molar-refractivity contribution is 5.75. The number of aliphatic carboxylic acids is 1. The molecule has 1 heterocycles. The van der Waals surface area contributed by atoms with Gasteiger partial charge in [0, 0.05) is 18.9 Å². The highest BCUT2D eigenvalue weighted by Crippen LogP contribution is 2.18. The first-order chi connectivity index (χ1) is 10.2. The normalized spacial score (nSPS) is 11.9. The summed E-state index contributed by atoms with van der Waals surface area (Å²) in [5.74, 6) is -0.173. The number of benzene rings is 1. The van der Waals surface area contributed by atoms with E-state index in [2.05, 4.69) is 10.3 Å². The van der Waals surface area contributed by atoms with Gasteiger partial charge in [0.1, 0.15) is 11.8 Å². The van der Waals surface area contributed by atoms with Crippen LogP contribution in [0.4, 0.5) is 0 Å². The lowest BCUT2D eigenvalue weighted by atomic mass is 10.1. The molecule has 0 saturated carbocycles. The van der Waals surface area contributed by atoms with Crippen molar-refractivity contribution in [2.45, 2.75) is 19.5 Å². The van der Waals surface area contributed by atoms with Gasteiger partial charge < -0.3 is 9.84 Å². The number of carboxylic acid groups (broad SMARTS) is 1. The molecule has 0 saturated heterocycles.